The highest BCUT2D eigenvalue weighted by Gasteiger charge is 2.23. The molecule has 1 aliphatic rings. The van der Waals surface area contributed by atoms with Gasteiger partial charge < -0.3 is 16.0 Å². The molecule has 2 aromatic rings. The SMILES string of the molecule is NC(=O)C1CCCN(CCCNC(=O)c2ccccc2C(=O)c2ccc(F)cc2)C1. The van der Waals surface area contributed by atoms with E-state index in [0.717, 1.165) is 32.4 Å². The molecule has 0 bridgehead atoms. The number of carbonyl (C=O) groups excluding carboxylic acids is 3. The van der Waals surface area contributed by atoms with Crippen molar-refractivity contribution in [2.75, 3.05) is 26.2 Å². The molecular weight excluding hydrogens is 385 g/mol. The van der Waals surface area contributed by atoms with Crippen molar-refractivity contribution in [2.24, 2.45) is 11.7 Å². The maximum absolute atomic E-state index is 13.1. The van der Waals surface area contributed by atoms with Gasteiger partial charge in [-0.25, -0.2) is 4.39 Å². The van der Waals surface area contributed by atoms with Gasteiger partial charge in [-0.2, -0.15) is 0 Å². The molecule has 0 spiro atoms. The minimum atomic E-state index is -0.423. The maximum atomic E-state index is 13.1. The lowest BCUT2D eigenvalue weighted by atomic mass is 9.97. The monoisotopic (exact) mass is 411 g/mol. The summed E-state index contributed by atoms with van der Waals surface area (Å²) in [6.07, 6.45) is 2.51. The van der Waals surface area contributed by atoms with Gasteiger partial charge in [-0.3, -0.25) is 14.4 Å². The molecule has 3 N–H and O–H groups in total. The van der Waals surface area contributed by atoms with Gasteiger partial charge >= 0.3 is 0 Å². The van der Waals surface area contributed by atoms with Crippen LogP contribution in [0.25, 0.3) is 0 Å². The summed E-state index contributed by atoms with van der Waals surface area (Å²) in [5, 5.41) is 2.86. The number of likely N-dealkylation sites (tertiary alicyclic amines) is 1. The zero-order chi connectivity index (χ0) is 21.5. The lowest BCUT2D eigenvalue weighted by Gasteiger charge is -2.31. The first-order valence-corrected chi connectivity index (χ1v) is 10.1. The lowest BCUT2D eigenvalue weighted by Crippen LogP contribution is -2.42. The van der Waals surface area contributed by atoms with E-state index in [4.69, 9.17) is 5.73 Å². The molecule has 0 radical (unpaired) electrons. The Hall–Kier alpha value is -3.06. The summed E-state index contributed by atoms with van der Waals surface area (Å²) in [4.78, 5) is 39.0. The van der Waals surface area contributed by atoms with E-state index in [1.165, 1.54) is 24.3 Å². The summed E-state index contributed by atoms with van der Waals surface area (Å²) in [6, 6.07) is 11.9. The molecule has 1 aliphatic heterocycles. The van der Waals surface area contributed by atoms with Gasteiger partial charge in [-0.05, 0) is 62.7 Å². The molecule has 2 amide bonds. The van der Waals surface area contributed by atoms with E-state index in [1.54, 1.807) is 24.3 Å². The van der Waals surface area contributed by atoms with Crippen LogP contribution in [0, 0.1) is 11.7 Å². The number of primary amides is 1. The van der Waals surface area contributed by atoms with Crippen molar-refractivity contribution in [1.82, 2.24) is 10.2 Å². The Morgan fingerprint density at radius 2 is 1.77 bits per heavy atom. The Kier molecular flexibility index (Phi) is 7.30. The molecule has 1 atom stereocenters. The summed E-state index contributed by atoms with van der Waals surface area (Å²) >= 11 is 0. The smallest absolute Gasteiger partial charge is 0.252 e. The zero-order valence-electron chi connectivity index (χ0n) is 16.8. The van der Waals surface area contributed by atoms with Crippen molar-refractivity contribution in [2.45, 2.75) is 19.3 Å². The molecule has 0 aliphatic carbocycles. The van der Waals surface area contributed by atoms with Crippen molar-refractivity contribution < 1.29 is 18.8 Å². The van der Waals surface area contributed by atoms with Crippen LogP contribution in [0.2, 0.25) is 0 Å². The minimum Gasteiger partial charge on any atom is -0.369 e. The first-order chi connectivity index (χ1) is 14.5. The van der Waals surface area contributed by atoms with Crippen molar-refractivity contribution in [3.05, 3.63) is 71.0 Å². The van der Waals surface area contributed by atoms with Gasteiger partial charge in [0.2, 0.25) is 5.91 Å². The van der Waals surface area contributed by atoms with Gasteiger partial charge in [0.05, 0.1) is 11.5 Å². The normalized spacial score (nSPS) is 16.8. The molecule has 7 heteroatoms. The Morgan fingerprint density at radius 1 is 1.07 bits per heavy atom. The zero-order valence-corrected chi connectivity index (χ0v) is 16.8. The topological polar surface area (TPSA) is 92.5 Å². The molecule has 30 heavy (non-hydrogen) atoms. The van der Waals surface area contributed by atoms with E-state index in [9.17, 15) is 18.8 Å². The van der Waals surface area contributed by atoms with Crippen LogP contribution in [-0.2, 0) is 4.79 Å². The molecule has 1 heterocycles. The Morgan fingerprint density at radius 3 is 2.47 bits per heavy atom. The summed E-state index contributed by atoms with van der Waals surface area (Å²) in [7, 11) is 0. The van der Waals surface area contributed by atoms with Crippen LogP contribution in [0.1, 0.15) is 45.5 Å². The van der Waals surface area contributed by atoms with Crippen molar-refractivity contribution in [3.63, 3.8) is 0 Å². The second-order valence-electron chi connectivity index (χ2n) is 7.53. The van der Waals surface area contributed by atoms with E-state index in [1.807, 2.05) is 0 Å². The number of carbonyl (C=O) groups is 3. The quantitative estimate of drug-likeness (QED) is 0.515. The minimum absolute atomic E-state index is 0.0994. The maximum Gasteiger partial charge on any atom is 0.252 e. The number of rotatable bonds is 8. The fraction of sp³-hybridized carbons (Fsp3) is 0.348. The number of nitrogens with two attached hydrogens (primary N) is 1. The van der Waals surface area contributed by atoms with E-state index >= 15 is 0 Å². The molecule has 1 fully saturated rings. The molecule has 3 rings (SSSR count). The van der Waals surface area contributed by atoms with Crippen LogP contribution in [-0.4, -0.2) is 48.7 Å². The fourth-order valence-corrected chi connectivity index (χ4v) is 3.73. The lowest BCUT2D eigenvalue weighted by molar-refractivity contribution is -0.123. The van der Waals surface area contributed by atoms with E-state index in [-0.39, 0.29) is 29.1 Å². The molecule has 0 aromatic heterocycles. The Balaban J connectivity index is 1.55. The highest BCUT2D eigenvalue weighted by Crippen LogP contribution is 2.17. The predicted octanol–water partition coefficient (Wildman–Crippen LogP) is 2.37. The van der Waals surface area contributed by atoms with Crippen LogP contribution >= 0.6 is 0 Å². The summed E-state index contributed by atoms with van der Waals surface area (Å²) in [5.74, 6) is -1.43. The van der Waals surface area contributed by atoms with Crippen molar-refractivity contribution >= 4 is 17.6 Å². The molecular formula is C23H26FN3O3. The molecule has 158 valence electrons. The number of hydrogen-bond acceptors (Lipinski definition) is 4. The summed E-state index contributed by atoms with van der Waals surface area (Å²) < 4.78 is 13.1. The number of nitrogens with zero attached hydrogens (tertiary/aromatic N) is 1. The summed E-state index contributed by atoms with van der Waals surface area (Å²) in [6.45, 7) is 2.81. The van der Waals surface area contributed by atoms with Crippen LogP contribution in [0.5, 0.6) is 0 Å². The second-order valence-corrected chi connectivity index (χ2v) is 7.53. The van der Waals surface area contributed by atoms with Crippen LogP contribution in [0.3, 0.4) is 0 Å². The molecule has 1 saturated heterocycles. The number of piperidine rings is 1. The average molecular weight is 411 g/mol. The first-order valence-electron chi connectivity index (χ1n) is 10.1. The molecule has 0 saturated carbocycles. The number of nitrogens with one attached hydrogen (secondary N) is 1. The molecule has 6 nitrogen and oxygen atoms in total. The number of halogens is 1. The van der Waals surface area contributed by atoms with Crippen molar-refractivity contribution in [1.29, 1.82) is 0 Å². The van der Waals surface area contributed by atoms with Crippen molar-refractivity contribution in [3.8, 4) is 0 Å². The number of ketones is 1. The fourth-order valence-electron chi connectivity index (χ4n) is 3.73. The highest BCUT2D eigenvalue weighted by atomic mass is 19.1. The van der Waals surface area contributed by atoms with Gasteiger partial charge in [-0.1, -0.05) is 18.2 Å². The Labute approximate surface area is 175 Å². The van der Waals surface area contributed by atoms with E-state index < -0.39 is 5.82 Å². The third-order valence-electron chi connectivity index (χ3n) is 5.37. The third kappa shape index (κ3) is 5.51. The van der Waals surface area contributed by atoms with E-state index in [2.05, 4.69) is 10.2 Å². The third-order valence-corrected chi connectivity index (χ3v) is 5.37. The molecule has 2 aromatic carbocycles. The number of benzene rings is 2. The number of hydrogen-bond donors (Lipinski definition) is 2. The van der Waals surface area contributed by atoms with Crippen LogP contribution in [0.4, 0.5) is 4.39 Å². The molecule has 1 unspecified atom stereocenters. The van der Waals surface area contributed by atoms with Gasteiger partial charge in [0.25, 0.3) is 5.91 Å². The van der Waals surface area contributed by atoms with Gasteiger partial charge in [-0.15, -0.1) is 0 Å². The van der Waals surface area contributed by atoms with Crippen LogP contribution < -0.4 is 11.1 Å². The first kappa shape index (κ1) is 21.6. The predicted molar refractivity (Wildman–Crippen MR) is 112 cm³/mol. The van der Waals surface area contributed by atoms with Crippen LogP contribution in [0.15, 0.2) is 48.5 Å². The highest BCUT2D eigenvalue weighted by molar-refractivity contribution is 6.15. The largest absolute Gasteiger partial charge is 0.369 e. The summed E-state index contributed by atoms with van der Waals surface area (Å²) in [5.41, 5.74) is 6.30. The van der Waals surface area contributed by atoms with Gasteiger partial charge in [0.1, 0.15) is 5.82 Å². The Bertz CT molecular complexity index is 914. The van der Waals surface area contributed by atoms with Gasteiger partial charge in [0, 0.05) is 24.2 Å². The average Bonchev–Trinajstić information content (AvgIpc) is 2.77. The standard InChI is InChI=1S/C23H26FN3O3/c24-18-10-8-16(9-11-18)21(28)19-6-1-2-7-20(19)23(30)26-12-4-14-27-13-3-5-17(15-27)22(25)29/h1-2,6-11,17H,3-5,12-15H2,(H2,25,29)(H,26,30). The van der Waals surface area contributed by atoms with Gasteiger partial charge in [0.15, 0.2) is 5.78 Å². The number of amides is 2. The second kappa shape index (κ2) is 10.1. The van der Waals surface area contributed by atoms with E-state index in [0.29, 0.717) is 24.2 Å².